The maximum Gasteiger partial charge on any atom is 0.488 e. The molecule has 28 rings (SSSR count). The molecule has 0 amide bonds. The first-order valence-electron chi connectivity index (χ1n) is 49.0. The molecule has 2 aromatic heterocycles. The van der Waals surface area contributed by atoms with Gasteiger partial charge in [0.05, 0.1) is 22.7 Å². The van der Waals surface area contributed by atoms with E-state index in [2.05, 4.69) is 431 Å². The summed E-state index contributed by atoms with van der Waals surface area (Å²) in [7, 11) is -9.93. The van der Waals surface area contributed by atoms with Crippen LogP contribution < -0.4 is 77.5 Å². The highest BCUT2D eigenvalue weighted by atomic mass is 35.5. The Kier molecular flexibility index (Phi) is 23.0. The molecular weight excluding hydrogens is 1780 g/mol. The van der Waals surface area contributed by atoms with Gasteiger partial charge in [-0.3, -0.25) is 9.80 Å². The molecular formula is C122H103BCl2N8O2Si3. The number of benzene rings is 16. The summed E-state index contributed by atoms with van der Waals surface area (Å²) in [5, 5.41) is 35.2. The third kappa shape index (κ3) is 14.5. The molecule has 0 saturated heterocycles. The van der Waals surface area contributed by atoms with Crippen molar-refractivity contribution < 1.29 is 10.0 Å². The van der Waals surface area contributed by atoms with Gasteiger partial charge in [-0.05, 0) is 249 Å². The van der Waals surface area contributed by atoms with E-state index in [1.54, 1.807) is 6.07 Å². The summed E-state index contributed by atoms with van der Waals surface area (Å²) < 4.78 is 0. The van der Waals surface area contributed by atoms with Crippen LogP contribution in [0.4, 0.5) is 34.6 Å². The Balaban J connectivity index is 0.000000142. The van der Waals surface area contributed by atoms with Gasteiger partial charge in [-0.1, -0.05) is 419 Å². The van der Waals surface area contributed by atoms with Crippen LogP contribution in [0.1, 0.15) is 86.5 Å². The van der Waals surface area contributed by atoms with Crippen LogP contribution in [0.5, 0.6) is 0 Å². The second-order valence-corrected chi connectivity index (χ2v) is 51.4. The molecule has 4 heterocycles. The SMILES string of the molecule is Clc1nc(Cl)nc(N2c3ccccc3C3(c4ccccc42)C2CC4CC(C2)CC3C4)n1.OB(O)c1cccc([Si](c2ccccc2)(c2ccccc2)c2ccccc2)c1.c1ccc([Si](c2ccccc2)(c2ccccc2)c2cccc(-c3nc(-c4cccc([Si](c5ccccc5)(c5ccccc5)c5ccccc5)c4)nc(N4c5ccccc5C5(c6ccccc64)C4CC6CC(C4)CC5C6)n3)c2)cc1. The molecule has 8 saturated carbocycles. The topological polar surface area (TPSA) is 124 Å². The van der Waals surface area contributed by atoms with E-state index in [9.17, 15) is 10.0 Å². The highest BCUT2D eigenvalue weighted by molar-refractivity contribution is 7.21. The third-order valence-electron chi connectivity index (χ3n) is 32.4. The lowest BCUT2D eigenvalue weighted by Crippen LogP contribution is -2.75. The summed E-state index contributed by atoms with van der Waals surface area (Å²) in [5.74, 6) is 8.49. The standard InChI is InChI=1S/C73H60N4Si2.C25H22Cl2N4.C24H21BO2Si/c1-7-27-58(28-8-1)78(59-29-9-2-10-30-59,60-31-11-3-12-32-60)64-39-23-25-54(50-64)70-74-71(55-26-24-40-65(51-55)79(61-33-13-4-14-34-61,62-35-15-5-16-36-62)63-37-17-6-18-38-63)76-72(75-70)77-68-43-21-19-41-66(68)73(67-42-20-22-44-69(67)77)56-46-52-45-53(48-56)49-57(73)47-52;26-22-28-23(27)30-24(29-22)31-20-7-3-1-5-18(20)25(19-6-2-4-8-21(19)31)16-10-14-9-15(12-16)13-17(25)11-14;26-25(27)20-11-10-18-24(19-20)28(21-12-4-1-5-13-21,22-14-6-2-7-15-22)23-16-8-3-9-17-23/h1-44,50-53,56-57H,45-49H2;1-8,14-17H,9-13H2;1-19,26-27H. The largest absolute Gasteiger partial charge is 0.488 e. The Morgan fingerprint density at radius 1 is 0.232 bits per heavy atom. The van der Waals surface area contributed by atoms with Crippen LogP contribution in [0.25, 0.3) is 22.8 Å². The summed E-state index contributed by atoms with van der Waals surface area (Å²) in [6.07, 6.45) is 13.5. The molecule has 10 nitrogen and oxygen atoms in total. The number of halogens is 2. The van der Waals surface area contributed by atoms with Crippen molar-refractivity contribution in [2.75, 3.05) is 9.80 Å². The van der Waals surface area contributed by atoms with E-state index in [-0.39, 0.29) is 21.4 Å². The predicted octanol–water partition coefficient (Wildman–Crippen LogP) is 18.9. The molecule has 138 heavy (non-hydrogen) atoms. The number of nitrogens with zero attached hydrogens (tertiary/aromatic N) is 8. The van der Waals surface area contributed by atoms with Crippen LogP contribution in [0, 0.1) is 47.3 Å². The molecule has 2 N–H and O–H groups in total. The monoisotopic (exact) mass is 1880 g/mol. The van der Waals surface area contributed by atoms with Gasteiger partial charge < -0.3 is 10.0 Å². The van der Waals surface area contributed by atoms with E-state index in [1.807, 2.05) is 30.3 Å². The highest BCUT2D eigenvalue weighted by Crippen LogP contribution is 2.71. The van der Waals surface area contributed by atoms with E-state index in [0.717, 1.165) is 51.4 Å². The molecule has 672 valence electrons. The zero-order valence-corrected chi connectivity index (χ0v) is 81.2. The number of hydrogen-bond donors (Lipinski definition) is 2. The Morgan fingerprint density at radius 2 is 0.457 bits per heavy atom. The quantitative estimate of drug-likeness (QED) is 0.0673. The Morgan fingerprint density at radius 3 is 0.717 bits per heavy atom. The number of para-hydroxylation sites is 4. The Bertz CT molecular complexity index is 6830. The zero-order chi connectivity index (χ0) is 92.5. The number of aromatic nitrogens is 6. The van der Waals surface area contributed by atoms with Gasteiger partial charge in [-0.15, -0.1) is 0 Å². The zero-order valence-electron chi connectivity index (χ0n) is 76.6. The average Bonchev–Trinajstić information content (AvgIpc) is 0.678. The van der Waals surface area contributed by atoms with Gasteiger partial charge in [0.25, 0.3) is 0 Å². The molecule has 8 bridgehead atoms. The van der Waals surface area contributed by atoms with Gasteiger partial charge in [0, 0.05) is 22.0 Å². The van der Waals surface area contributed by atoms with E-state index in [1.165, 1.54) is 155 Å². The van der Waals surface area contributed by atoms with Crippen molar-refractivity contribution in [3.05, 3.63) is 476 Å². The van der Waals surface area contributed by atoms with Gasteiger partial charge >= 0.3 is 7.12 Å². The number of fused-ring (bicyclic) bond motifs is 4. The fraction of sp³-hybridized carbons (Fsp3) is 0.164. The molecule has 2 aliphatic heterocycles. The first kappa shape index (κ1) is 87.1. The molecule has 2 spiro atoms. The summed E-state index contributed by atoms with van der Waals surface area (Å²) in [5.41, 5.74) is 12.8. The third-order valence-corrected chi connectivity index (χ3v) is 47.1. The molecule has 16 heteroatoms. The van der Waals surface area contributed by atoms with E-state index < -0.39 is 31.3 Å². The van der Waals surface area contributed by atoms with Crippen LogP contribution in [0.3, 0.4) is 0 Å². The lowest BCUT2D eigenvalue weighted by molar-refractivity contribution is -0.0419. The van der Waals surface area contributed by atoms with Gasteiger partial charge in [0.15, 0.2) is 35.9 Å². The minimum absolute atomic E-state index is 0.0565. The van der Waals surface area contributed by atoms with Gasteiger partial charge in [0.2, 0.25) is 22.5 Å². The molecule has 0 radical (unpaired) electrons. The van der Waals surface area contributed by atoms with E-state index in [4.69, 9.17) is 38.2 Å². The first-order chi connectivity index (χ1) is 68.0. The highest BCUT2D eigenvalue weighted by Gasteiger charge is 2.64. The first-order valence-corrected chi connectivity index (χ1v) is 55.8. The second kappa shape index (κ2) is 36.4. The normalized spacial score (nSPS) is 19.5. The number of anilines is 6. The van der Waals surface area contributed by atoms with Crippen molar-refractivity contribution in [1.29, 1.82) is 0 Å². The molecule has 18 aromatic rings. The maximum atomic E-state index is 9.80. The minimum atomic E-state index is -2.92. The molecule has 0 atom stereocenters. The number of rotatable bonds is 17. The maximum absolute atomic E-state index is 9.80. The average molecular weight is 1880 g/mol. The van der Waals surface area contributed by atoms with Crippen molar-refractivity contribution >= 4 is 157 Å². The lowest BCUT2D eigenvalue weighted by atomic mass is 9.41. The fourth-order valence-electron chi connectivity index (χ4n) is 27.7. The second-order valence-electron chi connectivity index (χ2n) is 39.2. The fourth-order valence-corrected chi connectivity index (χ4v) is 42.5. The van der Waals surface area contributed by atoms with Crippen molar-refractivity contribution in [1.82, 2.24) is 29.9 Å². The van der Waals surface area contributed by atoms with Crippen LogP contribution in [0.15, 0.2) is 443 Å². The molecule has 8 fully saturated rings. The van der Waals surface area contributed by atoms with Crippen LogP contribution in [0.2, 0.25) is 10.6 Å². The van der Waals surface area contributed by atoms with E-state index >= 15 is 0 Å². The van der Waals surface area contributed by atoms with Crippen LogP contribution >= 0.6 is 23.2 Å². The minimum Gasteiger partial charge on any atom is -0.423 e. The summed E-state index contributed by atoms with van der Waals surface area (Å²) >= 11 is 12.4. The molecule has 16 aromatic carbocycles. The van der Waals surface area contributed by atoms with E-state index in [0.29, 0.717) is 52.7 Å². The van der Waals surface area contributed by atoms with Crippen LogP contribution in [-0.2, 0) is 10.8 Å². The number of hydrogen-bond acceptors (Lipinski definition) is 10. The molecule has 0 unspecified atom stereocenters. The Hall–Kier alpha value is -13.6. The smallest absolute Gasteiger partial charge is 0.423 e. The van der Waals surface area contributed by atoms with Gasteiger partial charge in [-0.2, -0.15) is 24.9 Å². The van der Waals surface area contributed by atoms with Gasteiger partial charge in [-0.25, -0.2) is 4.98 Å². The summed E-state index contributed by atoms with van der Waals surface area (Å²) in [6, 6.07) is 161. The van der Waals surface area contributed by atoms with Crippen molar-refractivity contribution in [3.63, 3.8) is 0 Å². The predicted molar refractivity (Wildman–Crippen MR) is 573 cm³/mol. The Labute approximate surface area is 821 Å². The van der Waals surface area contributed by atoms with Gasteiger partial charge in [0.1, 0.15) is 0 Å². The summed E-state index contributed by atoms with van der Waals surface area (Å²) in [6.45, 7) is 0. The summed E-state index contributed by atoms with van der Waals surface area (Å²) in [4.78, 5) is 34.6. The van der Waals surface area contributed by atoms with Crippen molar-refractivity contribution in [2.24, 2.45) is 47.3 Å². The van der Waals surface area contributed by atoms with Crippen LogP contribution in [-0.4, -0.2) is 71.3 Å². The molecule has 8 aliphatic carbocycles. The van der Waals surface area contributed by atoms with Crippen molar-refractivity contribution in [2.45, 2.75) is 75.0 Å². The molecule has 10 aliphatic rings. The lowest BCUT2D eigenvalue weighted by Gasteiger charge is -2.64. The van der Waals surface area contributed by atoms with Crippen molar-refractivity contribution in [3.8, 4) is 22.8 Å².